The third-order valence-corrected chi connectivity index (χ3v) is 4.02. The van der Waals surface area contributed by atoms with Crippen LogP contribution in [0.5, 0.6) is 0 Å². The van der Waals surface area contributed by atoms with Crippen molar-refractivity contribution in [2.45, 2.75) is 20.4 Å². The lowest BCUT2D eigenvalue weighted by Gasteiger charge is -2.09. The van der Waals surface area contributed by atoms with E-state index < -0.39 is 0 Å². The van der Waals surface area contributed by atoms with E-state index in [1.807, 2.05) is 38.1 Å². The molecule has 0 aliphatic carbocycles. The summed E-state index contributed by atoms with van der Waals surface area (Å²) in [6, 6.07) is 9.51. The lowest BCUT2D eigenvalue weighted by Crippen LogP contribution is -2.24. The highest BCUT2D eigenvalue weighted by Gasteiger charge is 2.11. The summed E-state index contributed by atoms with van der Waals surface area (Å²) in [6.45, 7) is 4.38. The van der Waals surface area contributed by atoms with Crippen LogP contribution in [0.15, 0.2) is 41.0 Å². The number of nitrogens with one attached hydrogen (secondary N) is 1. The summed E-state index contributed by atoms with van der Waals surface area (Å²) in [6.07, 6.45) is 1.73. The van der Waals surface area contributed by atoms with Crippen molar-refractivity contribution >= 4 is 21.8 Å². The Morgan fingerprint density at radius 3 is 2.68 bits per heavy atom. The van der Waals surface area contributed by atoms with Gasteiger partial charge in [0.05, 0.1) is 17.8 Å². The predicted molar refractivity (Wildman–Crippen MR) is 79.0 cm³/mol. The highest BCUT2D eigenvalue weighted by atomic mass is 79.9. The molecule has 0 fully saturated rings. The molecule has 0 radical (unpaired) electrons. The van der Waals surface area contributed by atoms with Crippen LogP contribution in [-0.2, 0) is 6.54 Å². The van der Waals surface area contributed by atoms with Crippen LogP contribution in [0, 0.1) is 13.8 Å². The Bertz CT molecular complexity index is 611. The Morgan fingerprint density at radius 1 is 1.21 bits per heavy atom. The molecule has 1 aromatic heterocycles. The summed E-state index contributed by atoms with van der Waals surface area (Å²) < 4.78 is 0.838. The summed E-state index contributed by atoms with van der Waals surface area (Å²) in [7, 11) is 0. The average Bonchev–Trinajstić information content (AvgIpc) is 2.40. The largest absolute Gasteiger partial charge is 0.346 e. The molecular formula is C15H15BrN2O. The fourth-order valence-corrected chi connectivity index (χ4v) is 2.23. The van der Waals surface area contributed by atoms with Crippen molar-refractivity contribution in [3.8, 4) is 0 Å². The van der Waals surface area contributed by atoms with Crippen LogP contribution in [0.2, 0.25) is 0 Å². The number of halogens is 1. The van der Waals surface area contributed by atoms with E-state index in [-0.39, 0.29) is 5.91 Å². The average molecular weight is 319 g/mol. The van der Waals surface area contributed by atoms with Gasteiger partial charge in [0.15, 0.2) is 0 Å². The van der Waals surface area contributed by atoms with Gasteiger partial charge in [-0.15, -0.1) is 0 Å². The minimum Gasteiger partial charge on any atom is -0.346 e. The monoisotopic (exact) mass is 318 g/mol. The zero-order valence-corrected chi connectivity index (χ0v) is 12.5. The number of carbonyl (C=O) groups is 1. The second-order valence-corrected chi connectivity index (χ2v) is 5.18. The van der Waals surface area contributed by atoms with Gasteiger partial charge in [0.25, 0.3) is 5.91 Å². The normalized spacial score (nSPS) is 10.3. The smallest absolute Gasteiger partial charge is 0.252 e. The van der Waals surface area contributed by atoms with Crippen molar-refractivity contribution in [2.75, 3.05) is 0 Å². The highest BCUT2D eigenvalue weighted by Crippen LogP contribution is 2.20. The third-order valence-electron chi connectivity index (χ3n) is 2.97. The van der Waals surface area contributed by atoms with Crippen molar-refractivity contribution < 1.29 is 4.79 Å². The summed E-state index contributed by atoms with van der Waals surface area (Å²) in [5.41, 5.74) is 3.65. The molecule has 0 aliphatic rings. The molecule has 3 nitrogen and oxygen atoms in total. The quantitative estimate of drug-likeness (QED) is 0.942. The lowest BCUT2D eigenvalue weighted by atomic mass is 10.1. The first-order chi connectivity index (χ1) is 9.09. The van der Waals surface area contributed by atoms with E-state index in [0.29, 0.717) is 12.1 Å². The minimum absolute atomic E-state index is 0.0966. The van der Waals surface area contributed by atoms with Gasteiger partial charge in [-0.2, -0.15) is 0 Å². The van der Waals surface area contributed by atoms with E-state index in [2.05, 4.69) is 26.2 Å². The molecule has 19 heavy (non-hydrogen) atoms. The Balaban J connectivity index is 2.10. The predicted octanol–water partition coefficient (Wildman–Crippen LogP) is 3.39. The molecule has 0 saturated heterocycles. The number of carbonyl (C=O) groups excluding carboxylic acids is 1. The fraction of sp³-hybridized carbons (Fsp3) is 0.200. The van der Waals surface area contributed by atoms with Crippen molar-refractivity contribution in [2.24, 2.45) is 0 Å². The molecule has 1 amide bonds. The maximum absolute atomic E-state index is 12.1. The third kappa shape index (κ3) is 3.20. The fourth-order valence-electron chi connectivity index (χ4n) is 1.79. The Morgan fingerprint density at radius 2 is 1.95 bits per heavy atom. The summed E-state index contributed by atoms with van der Waals surface area (Å²) >= 11 is 3.45. The van der Waals surface area contributed by atoms with Crippen LogP contribution < -0.4 is 5.32 Å². The number of benzene rings is 1. The van der Waals surface area contributed by atoms with E-state index in [0.717, 1.165) is 21.3 Å². The maximum atomic E-state index is 12.1. The molecule has 0 bridgehead atoms. The van der Waals surface area contributed by atoms with Crippen molar-refractivity contribution in [3.63, 3.8) is 0 Å². The molecule has 1 N–H and O–H groups in total. The zero-order chi connectivity index (χ0) is 13.8. The first-order valence-corrected chi connectivity index (χ1v) is 6.82. The molecule has 1 aromatic carbocycles. The molecule has 0 unspecified atom stereocenters. The second kappa shape index (κ2) is 5.97. The van der Waals surface area contributed by atoms with Crippen LogP contribution >= 0.6 is 15.9 Å². The van der Waals surface area contributed by atoms with Gasteiger partial charge >= 0.3 is 0 Å². The molecule has 1 heterocycles. The molecule has 0 spiro atoms. The highest BCUT2D eigenvalue weighted by molar-refractivity contribution is 9.10. The van der Waals surface area contributed by atoms with Crippen LogP contribution in [0.3, 0.4) is 0 Å². The number of aromatic nitrogens is 1. The van der Waals surface area contributed by atoms with Crippen molar-refractivity contribution in [3.05, 3.63) is 63.4 Å². The summed E-state index contributed by atoms with van der Waals surface area (Å²) in [5, 5.41) is 2.89. The SMILES string of the molecule is Cc1cccnc1CNC(=O)c1cccc(C)c1Br. The van der Waals surface area contributed by atoms with Gasteiger partial charge in [-0.05, 0) is 53.0 Å². The first kappa shape index (κ1) is 13.7. The molecule has 98 valence electrons. The Labute approximate surface area is 121 Å². The van der Waals surface area contributed by atoms with Gasteiger partial charge in [0.2, 0.25) is 0 Å². The Kier molecular flexibility index (Phi) is 4.32. The molecule has 0 aliphatic heterocycles. The van der Waals surface area contributed by atoms with Crippen molar-refractivity contribution in [1.82, 2.24) is 10.3 Å². The molecule has 4 heteroatoms. The van der Waals surface area contributed by atoms with E-state index in [1.165, 1.54) is 0 Å². The second-order valence-electron chi connectivity index (χ2n) is 4.39. The van der Waals surface area contributed by atoms with Gasteiger partial charge < -0.3 is 5.32 Å². The van der Waals surface area contributed by atoms with Crippen LogP contribution in [0.1, 0.15) is 27.2 Å². The Hall–Kier alpha value is -1.68. The summed E-state index contributed by atoms with van der Waals surface area (Å²) in [5.74, 6) is -0.0966. The molecule has 0 saturated carbocycles. The first-order valence-electron chi connectivity index (χ1n) is 6.03. The van der Waals surface area contributed by atoms with E-state index in [1.54, 1.807) is 12.3 Å². The molecular weight excluding hydrogens is 304 g/mol. The van der Waals surface area contributed by atoms with Gasteiger partial charge in [0.1, 0.15) is 0 Å². The molecule has 2 rings (SSSR count). The van der Waals surface area contributed by atoms with Gasteiger partial charge in [-0.1, -0.05) is 18.2 Å². The summed E-state index contributed by atoms with van der Waals surface area (Å²) in [4.78, 5) is 16.4. The minimum atomic E-state index is -0.0966. The number of pyridine rings is 1. The number of nitrogens with zero attached hydrogens (tertiary/aromatic N) is 1. The standard InChI is InChI=1S/C15H15BrN2O/c1-10-6-4-8-17-13(10)9-18-15(19)12-7-3-5-11(2)14(12)16/h3-8H,9H2,1-2H3,(H,18,19). The number of aryl methyl sites for hydroxylation is 2. The zero-order valence-electron chi connectivity index (χ0n) is 10.9. The number of hydrogen-bond acceptors (Lipinski definition) is 2. The lowest BCUT2D eigenvalue weighted by molar-refractivity contribution is 0.0949. The van der Waals surface area contributed by atoms with E-state index in [4.69, 9.17) is 0 Å². The van der Waals surface area contributed by atoms with Gasteiger partial charge in [-0.25, -0.2) is 0 Å². The topological polar surface area (TPSA) is 42.0 Å². The number of rotatable bonds is 3. The van der Waals surface area contributed by atoms with Gasteiger partial charge in [0, 0.05) is 10.7 Å². The van der Waals surface area contributed by atoms with Crippen LogP contribution in [0.25, 0.3) is 0 Å². The van der Waals surface area contributed by atoms with Gasteiger partial charge in [-0.3, -0.25) is 9.78 Å². The number of hydrogen-bond donors (Lipinski definition) is 1. The maximum Gasteiger partial charge on any atom is 0.252 e. The molecule has 2 aromatic rings. The molecule has 0 atom stereocenters. The van der Waals surface area contributed by atoms with Crippen LogP contribution in [-0.4, -0.2) is 10.9 Å². The van der Waals surface area contributed by atoms with E-state index in [9.17, 15) is 4.79 Å². The van der Waals surface area contributed by atoms with Crippen molar-refractivity contribution in [1.29, 1.82) is 0 Å². The number of amides is 1. The van der Waals surface area contributed by atoms with E-state index >= 15 is 0 Å². The van der Waals surface area contributed by atoms with Crippen LogP contribution in [0.4, 0.5) is 0 Å².